The second kappa shape index (κ2) is 6.00. The largest absolute Gasteiger partial charge is 0.487 e. The van der Waals surface area contributed by atoms with E-state index in [-0.39, 0.29) is 5.60 Å². The molecule has 1 aromatic rings. The molecular weight excluding hydrogens is 258 g/mol. The summed E-state index contributed by atoms with van der Waals surface area (Å²) in [6.07, 6.45) is 7.94. The lowest BCUT2D eigenvalue weighted by Crippen LogP contribution is -2.33. The van der Waals surface area contributed by atoms with Gasteiger partial charge in [-0.2, -0.15) is 0 Å². The van der Waals surface area contributed by atoms with Gasteiger partial charge in [0.1, 0.15) is 11.4 Å². The van der Waals surface area contributed by atoms with Crippen LogP contribution in [0, 0.1) is 5.92 Å². The van der Waals surface area contributed by atoms with Gasteiger partial charge in [0, 0.05) is 19.0 Å². The lowest BCUT2D eigenvalue weighted by Gasteiger charge is -2.23. The zero-order chi connectivity index (χ0) is 14.9. The maximum atomic E-state index is 5.96. The molecule has 2 nitrogen and oxygen atoms in total. The molecule has 1 aliphatic carbocycles. The van der Waals surface area contributed by atoms with E-state index in [0.717, 1.165) is 24.6 Å². The van der Waals surface area contributed by atoms with Gasteiger partial charge in [-0.05, 0) is 49.8 Å². The van der Waals surface area contributed by atoms with Gasteiger partial charge in [-0.15, -0.1) is 0 Å². The van der Waals surface area contributed by atoms with Gasteiger partial charge >= 0.3 is 0 Å². The lowest BCUT2D eigenvalue weighted by atomic mass is 9.96. The van der Waals surface area contributed by atoms with Crippen molar-refractivity contribution in [3.8, 4) is 5.75 Å². The van der Waals surface area contributed by atoms with Crippen LogP contribution in [0.3, 0.4) is 0 Å². The number of hydrogen-bond donors (Lipinski definition) is 1. The van der Waals surface area contributed by atoms with Crippen LogP contribution in [0.15, 0.2) is 18.2 Å². The van der Waals surface area contributed by atoms with Gasteiger partial charge in [0.2, 0.25) is 0 Å². The van der Waals surface area contributed by atoms with Gasteiger partial charge in [-0.1, -0.05) is 38.3 Å². The van der Waals surface area contributed by atoms with Crippen LogP contribution in [0.4, 0.5) is 0 Å². The third-order valence-corrected chi connectivity index (χ3v) is 5.06. The first kappa shape index (κ1) is 14.9. The van der Waals surface area contributed by atoms with Crippen molar-refractivity contribution in [1.29, 1.82) is 0 Å². The Bertz CT molecular complexity index is 494. The van der Waals surface area contributed by atoms with E-state index in [1.54, 1.807) is 0 Å². The number of fused-ring (bicyclic) bond motifs is 1. The molecule has 0 radical (unpaired) electrons. The Hall–Kier alpha value is -1.02. The highest BCUT2D eigenvalue weighted by Gasteiger charge is 2.29. The van der Waals surface area contributed by atoms with Crippen molar-refractivity contribution >= 4 is 0 Å². The topological polar surface area (TPSA) is 21.3 Å². The van der Waals surface area contributed by atoms with Crippen LogP contribution in [0.1, 0.15) is 64.0 Å². The first-order chi connectivity index (χ1) is 10.0. The number of benzene rings is 1. The summed E-state index contributed by atoms with van der Waals surface area (Å²) < 4.78 is 5.96. The smallest absolute Gasteiger partial charge is 0.123 e. The van der Waals surface area contributed by atoms with E-state index in [2.05, 4.69) is 44.3 Å². The van der Waals surface area contributed by atoms with Gasteiger partial charge in [0.05, 0.1) is 0 Å². The third-order valence-electron chi connectivity index (χ3n) is 5.06. The van der Waals surface area contributed by atoms with Gasteiger partial charge in [0.15, 0.2) is 0 Å². The summed E-state index contributed by atoms with van der Waals surface area (Å²) in [7, 11) is 0. The van der Waals surface area contributed by atoms with E-state index < -0.39 is 0 Å². The fourth-order valence-corrected chi connectivity index (χ4v) is 3.82. The Morgan fingerprint density at radius 3 is 2.86 bits per heavy atom. The number of ether oxygens (including phenoxy) is 1. The molecule has 1 heterocycles. The van der Waals surface area contributed by atoms with E-state index in [9.17, 15) is 0 Å². The molecule has 1 aromatic carbocycles. The molecule has 116 valence electrons. The molecule has 1 aliphatic heterocycles. The minimum atomic E-state index is -0.0375. The fourth-order valence-electron chi connectivity index (χ4n) is 3.82. The summed E-state index contributed by atoms with van der Waals surface area (Å²) in [5.41, 5.74) is 2.73. The number of nitrogens with one attached hydrogen (secondary N) is 1. The van der Waals surface area contributed by atoms with Gasteiger partial charge in [-0.3, -0.25) is 0 Å². The SMILES string of the molecule is CC1CCCCCC1NCc1ccc2c(c1)CC(C)(C)O2. The lowest BCUT2D eigenvalue weighted by molar-refractivity contribution is 0.138. The van der Waals surface area contributed by atoms with Crippen molar-refractivity contribution in [3.05, 3.63) is 29.3 Å². The second-order valence-electron chi connectivity index (χ2n) is 7.58. The van der Waals surface area contributed by atoms with Crippen LogP contribution in [0.25, 0.3) is 0 Å². The predicted molar refractivity (Wildman–Crippen MR) is 87.7 cm³/mol. The Morgan fingerprint density at radius 1 is 1.19 bits per heavy atom. The normalized spacial score (nSPS) is 27.8. The summed E-state index contributed by atoms with van der Waals surface area (Å²) in [6.45, 7) is 7.72. The van der Waals surface area contributed by atoms with Crippen molar-refractivity contribution in [3.63, 3.8) is 0 Å². The molecule has 2 heteroatoms. The number of hydrogen-bond acceptors (Lipinski definition) is 2. The highest BCUT2D eigenvalue weighted by atomic mass is 16.5. The van der Waals surface area contributed by atoms with Crippen molar-refractivity contribution in [1.82, 2.24) is 5.32 Å². The van der Waals surface area contributed by atoms with E-state index in [1.807, 2.05) is 0 Å². The summed E-state index contributed by atoms with van der Waals surface area (Å²) >= 11 is 0. The van der Waals surface area contributed by atoms with Crippen LogP contribution in [0.2, 0.25) is 0 Å². The van der Waals surface area contributed by atoms with Gasteiger partial charge in [0.25, 0.3) is 0 Å². The maximum Gasteiger partial charge on any atom is 0.123 e. The molecule has 0 saturated heterocycles. The molecule has 0 spiro atoms. The Morgan fingerprint density at radius 2 is 2.00 bits per heavy atom. The molecule has 2 atom stereocenters. The average molecular weight is 287 g/mol. The van der Waals surface area contributed by atoms with Crippen molar-refractivity contribution in [2.24, 2.45) is 5.92 Å². The fraction of sp³-hybridized carbons (Fsp3) is 0.684. The monoisotopic (exact) mass is 287 g/mol. The second-order valence-corrected chi connectivity index (χ2v) is 7.58. The minimum absolute atomic E-state index is 0.0375. The van der Waals surface area contributed by atoms with Crippen LogP contribution in [-0.2, 0) is 13.0 Å². The molecule has 2 aliphatic rings. The Balaban J connectivity index is 1.61. The third kappa shape index (κ3) is 3.60. The summed E-state index contributed by atoms with van der Waals surface area (Å²) in [5, 5.41) is 3.80. The van der Waals surface area contributed by atoms with E-state index in [1.165, 1.54) is 43.2 Å². The van der Waals surface area contributed by atoms with Gasteiger partial charge < -0.3 is 10.1 Å². The molecule has 3 rings (SSSR count). The maximum absolute atomic E-state index is 5.96. The van der Waals surface area contributed by atoms with Crippen LogP contribution < -0.4 is 10.1 Å². The van der Waals surface area contributed by atoms with Crippen LogP contribution in [-0.4, -0.2) is 11.6 Å². The van der Waals surface area contributed by atoms with E-state index in [4.69, 9.17) is 4.74 Å². The minimum Gasteiger partial charge on any atom is -0.487 e. The first-order valence-electron chi connectivity index (χ1n) is 8.58. The van der Waals surface area contributed by atoms with Crippen LogP contribution >= 0.6 is 0 Å². The quantitative estimate of drug-likeness (QED) is 0.829. The highest BCUT2D eigenvalue weighted by molar-refractivity contribution is 5.41. The molecule has 1 fully saturated rings. The molecule has 1 saturated carbocycles. The van der Waals surface area contributed by atoms with Crippen LogP contribution in [0.5, 0.6) is 5.75 Å². The Labute approximate surface area is 129 Å². The molecule has 0 bridgehead atoms. The standard InChI is InChI=1S/C19H29NO/c1-14-7-5-4-6-8-17(14)20-13-15-9-10-18-16(11-15)12-19(2,3)21-18/h9-11,14,17,20H,4-8,12-13H2,1-3H3. The molecule has 1 N–H and O–H groups in total. The van der Waals surface area contributed by atoms with Crippen molar-refractivity contribution < 1.29 is 4.74 Å². The summed E-state index contributed by atoms with van der Waals surface area (Å²) in [6, 6.07) is 7.39. The predicted octanol–water partition coefficient (Wildman–Crippen LogP) is 4.46. The summed E-state index contributed by atoms with van der Waals surface area (Å²) in [4.78, 5) is 0. The van der Waals surface area contributed by atoms with E-state index in [0.29, 0.717) is 6.04 Å². The van der Waals surface area contributed by atoms with Crippen molar-refractivity contribution in [2.45, 2.75) is 77.5 Å². The Kier molecular flexibility index (Phi) is 4.26. The molecule has 21 heavy (non-hydrogen) atoms. The van der Waals surface area contributed by atoms with Crippen molar-refractivity contribution in [2.75, 3.05) is 0 Å². The molecule has 2 unspecified atom stereocenters. The highest BCUT2D eigenvalue weighted by Crippen LogP contribution is 2.35. The zero-order valence-electron chi connectivity index (χ0n) is 13.7. The molecular formula is C19H29NO. The molecule has 0 aromatic heterocycles. The van der Waals surface area contributed by atoms with E-state index >= 15 is 0 Å². The van der Waals surface area contributed by atoms with Gasteiger partial charge in [-0.25, -0.2) is 0 Å². The average Bonchev–Trinajstić information content (AvgIpc) is 2.59. The molecule has 0 amide bonds. The first-order valence-corrected chi connectivity index (χ1v) is 8.58. The summed E-state index contributed by atoms with van der Waals surface area (Å²) in [5.74, 6) is 1.88. The zero-order valence-corrected chi connectivity index (χ0v) is 13.7. The number of rotatable bonds is 3.